The highest BCUT2D eigenvalue weighted by molar-refractivity contribution is 7.80. The molecule has 1 atom stereocenters. The van der Waals surface area contributed by atoms with Crippen LogP contribution in [0.15, 0.2) is 17.2 Å². The van der Waals surface area contributed by atoms with E-state index in [1.807, 2.05) is 6.21 Å². The SMILES string of the molecule is Cc1cc(C)c(C=NNC(=S)NCC2CCCO2)c(C)c1. The fourth-order valence-electron chi connectivity index (χ4n) is 2.60. The number of nitrogens with one attached hydrogen (secondary N) is 2. The summed E-state index contributed by atoms with van der Waals surface area (Å²) in [6.45, 7) is 7.88. The lowest BCUT2D eigenvalue weighted by molar-refractivity contribution is 0.114. The Bertz CT molecular complexity index is 513. The van der Waals surface area contributed by atoms with Crippen LogP contribution < -0.4 is 10.7 Å². The van der Waals surface area contributed by atoms with Crippen molar-refractivity contribution >= 4 is 23.5 Å². The Morgan fingerprint density at radius 3 is 2.71 bits per heavy atom. The largest absolute Gasteiger partial charge is 0.376 e. The van der Waals surface area contributed by atoms with Gasteiger partial charge in [0.05, 0.1) is 12.3 Å². The van der Waals surface area contributed by atoms with Gasteiger partial charge >= 0.3 is 0 Å². The number of aryl methyl sites for hydroxylation is 3. The van der Waals surface area contributed by atoms with Gasteiger partial charge in [0.15, 0.2) is 5.11 Å². The van der Waals surface area contributed by atoms with E-state index in [0.717, 1.165) is 31.6 Å². The van der Waals surface area contributed by atoms with Crippen LogP contribution in [0.2, 0.25) is 0 Å². The summed E-state index contributed by atoms with van der Waals surface area (Å²) in [6.07, 6.45) is 4.33. The zero-order valence-corrected chi connectivity index (χ0v) is 13.7. The lowest BCUT2D eigenvalue weighted by Gasteiger charge is -2.12. The molecule has 4 nitrogen and oxygen atoms in total. The van der Waals surface area contributed by atoms with Crippen LogP contribution in [0, 0.1) is 20.8 Å². The van der Waals surface area contributed by atoms with Crippen LogP contribution in [0.25, 0.3) is 0 Å². The maximum Gasteiger partial charge on any atom is 0.187 e. The molecule has 21 heavy (non-hydrogen) atoms. The molecule has 0 saturated carbocycles. The van der Waals surface area contributed by atoms with Gasteiger partial charge < -0.3 is 10.1 Å². The van der Waals surface area contributed by atoms with E-state index >= 15 is 0 Å². The van der Waals surface area contributed by atoms with Crippen LogP contribution in [0.3, 0.4) is 0 Å². The summed E-state index contributed by atoms with van der Waals surface area (Å²) in [5, 5.41) is 7.88. The molecule has 0 radical (unpaired) electrons. The third-order valence-electron chi connectivity index (χ3n) is 3.61. The molecule has 1 aliphatic rings. The van der Waals surface area contributed by atoms with Crippen LogP contribution >= 0.6 is 12.2 Å². The molecule has 0 aromatic heterocycles. The van der Waals surface area contributed by atoms with Gasteiger partial charge in [-0.3, -0.25) is 5.43 Å². The molecule has 1 saturated heterocycles. The molecule has 2 rings (SSSR count). The number of hydrazone groups is 1. The Morgan fingerprint density at radius 2 is 2.10 bits per heavy atom. The number of ether oxygens (including phenoxy) is 1. The quantitative estimate of drug-likeness (QED) is 0.510. The topological polar surface area (TPSA) is 45.7 Å². The first-order chi connectivity index (χ1) is 10.1. The van der Waals surface area contributed by atoms with E-state index in [-0.39, 0.29) is 6.10 Å². The number of hydrogen-bond acceptors (Lipinski definition) is 3. The molecule has 0 aliphatic carbocycles. The predicted octanol–water partition coefficient (Wildman–Crippen LogP) is 2.59. The van der Waals surface area contributed by atoms with Crippen molar-refractivity contribution in [2.75, 3.05) is 13.2 Å². The van der Waals surface area contributed by atoms with Crippen molar-refractivity contribution in [2.45, 2.75) is 39.7 Å². The van der Waals surface area contributed by atoms with Crippen molar-refractivity contribution in [3.8, 4) is 0 Å². The summed E-state index contributed by atoms with van der Waals surface area (Å²) < 4.78 is 5.53. The standard InChI is InChI=1S/C16H23N3OS/c1-11-7-12(2)15(13(3)8-11)10-18-19-16(21)17-9-14-5-4-6-20-14/h7-8,10,14H,4-6,9H2,1-3H3,(H2,17,19,21). The molecular weight excluding hydrogens is 282 g/mol. The van der Waals surface area contributed by atoms with E-state index < -0.39 is 0 Å². The second-order valence-corrected chi connectivity index (χ2v) is 5.94. The van der Waals surface area contributed by atoms with Crippen molar-refractivity contribution in [1.29, 1.82) is 0 Å². The first kappa shape index (κ1) is 15.9. The molecular formula is C16H23N3OS. The molecule has 1 heterocycles. The van der Waals surface area contributed by atoms with Crippen molar-refractivity contribution < 1.29 is 4.74 Å². The lowest BCUT2D eigenvalue weighted by atomic mass is 10.0. The van der Waals surface area contributed by atoms with Gasteiger partial charge in [-0.15, -0.1) is 0 Å². The minimum Gasteiger partial charge on any atom is -0.376 e. The third kappa shape index (κ3) is 4.79. The van der Waals surface area contributed by atoms with Crippen molar-refractivity contribution in [3.63, 3.8) is 0 Å². The fraction of sp³-hybridized carbons (Fsp3) is 0.500. The molecule has 0 bridgehead atoms. The van der Waals surface area contributed by atoms with Gasteiger partial charge in [0.1, 0.15) is 0 Å². The van der Waals surface area contributed by atoms with Crippen LogP contribution in [-0.2, 0) is 4.74 Å². The summed E-state index contributed by atoms with van der Waals surface area (Å²) in [7, 11) is 0. The van der Waals surface area contributed by atoms with E-state index in [4.69, 9.17) is 17.0 Å². The smallest absolute Gasteiger partial charge is 0.187 e. The highest BCUT2D eigenvalue weighted by Crippen LogP contribution is 2.14. The molecule has 5 heteroatoms. The maximum atomic E-state index is 5.53. The summed E-state index contributed by atoms with van der Waals surface area (Å²) in [6, 6.07) is 4.31. The molecule has 1 fully saturated rings. The Balaban J connectivity index is 1.83. The Labute approximate surface area is 132 Å². The summed E-state index contributed by atoms with van der Waals surface area (Å²) >= 11 is 5.20. The Morgan fingerprint density at radius 1 is 1.38 bits per heavy atom. The van der Waals surface area contributed by atoms with Crippen LogP contribution in [0.1, 0.15) is 35.1 Å². The molecule has 2 N–H and O–H groups in total. The zero-order chi connectivity index (χ0) is 15.2. The summed E-state index contributed by atoms with van der Waals surface area (Å²) in [4.78, 5) is 0. The van der Waals surface area contributed by atoms with Gasteiger partial charge in [0, 0.05) is 18.7 Å². The number of benzene rings is 1. The maximum absolute atomic E-state index is 5.53. The minimum atomic E-state index is 0.273. The fourth-order valence-corrected chi connectivity index (χ4v) is 2.74. The number of rotatable bonds is 4. The normalized spacial score (nSPS) is 18.1. The van der Waals surface area contributed by atoms with Crippen LogP contribution in [0.5, 0.6) is 0 Å². The average molecular weight is 305 g/mol. The van der Waals surface area contributed by atoms with E-state index in [2.05, 4.69) is 48.7 Å². The van der Waals surface area contributed by atoms with Crippen molar-refractivity contribution in [1.82, 2.24) is 10.7 Å². The first-order valence-electron chi connectivity index (χ1n) is 7.32. The minimum absolute atomic E-state index is 0.273. The predicted molar refractivity (Wildman–Crippen MR) is 91.0 cm³/mol. The van der Waals surface area contributed by atoms with E-state index in [9.17, 15) is 0 Å². The third-order valence-corrected chi connectivity index (χ3v) is 3.85. The lowest BCUT2D eigenvalue weighted by Crippen LogP contribution is -2.37. The van der Waals surface area contributed by atoms with Crippen molar-refractivity contribution in [2.24, 2.45) is 5.10 Å². The molecule has 0 amide bonds. The Hall–Kier alpha value is -1.46. The van der Waals surface area contributed by atoms with Crippen molar-refractivity contribution in [3.05, 3.63) is 34.4 Å². The number of nitrogens with zero attached hydrogens (tertiary/aromatic N) is 1. The molecule has 1 aromatic rings. The van der Waals surface area contributed by atoms with E-state index in [0.29, 0.717) is 5.11 Å². The van der Waals surface area contributed by atoms with Gasteiger partial charge in [0.25, 0.3) is 0 Å². The van der Waals surface area contributed by atoms with E-state index in [1.165, 1.54) is 16.7 Å². The van der Waals surface area contributed by atoms with Gasteiger partial charge in [-0.05, 0) is 57.0 Å². The van der Waals surface area contributed by atoms with Crippen LogP contribution in [-0.4, -0.2) is 30.6 Å². The monoisotopic (exact) mass is 305 g/mol. The molecule has 114 valence electrons. The summed E-state index contributed by atoms with van der Waals surface area (Å²) in [5.41, 5.74) is 7.70. The Kier molecular flexibility index (Phi) is 5.70. The zero-order valence-electron chi connectivity index (χ0n) is 12.9. The van der Waals surface area contributed by atoms with Gasteiger partial charge in [-0.1, -0.05) is 17.7 Å². The van der Waals surface area contributed by atoms with Gasteiger partial charge in [0.2, 0.25) is 0 Å². The first-order valence-corrected chi connectivity index (χ1v) is 7.73. The summed E-state index contributed by atoms with van der Waals surface area (Å²) in [5.74, 6) is 0. The molecule has 1 aromatic carbocycles. The number of hydrogen-bond donors (Lipinski definition) is 2. The second kappa shape index (κ2) is 7.52. The second-order valence-electron chi connectivity index (χ2n) is 5.53. The highest BCUT2D eigenvalue weighted by atomic mass is 32.1. The van der Waals surface area contributed by atoms with Gasteiger partial charge in [-0.25, -0.2) is 0 Å². The highest BCUT2D eigenvalue weighted by Gasteiger charge is 2.14. The average Bonchev–Trinajstić information content (AvgIpc) is 2.92. The van der Waals surface area contributed by atoms with Gasteiger partial charge in [-0.2, -0.15) is 5.10 Å². The molecule has 1 aliphatic heterocycles. The van der Waals surface area contributed by atoms with E-state index in [1.54, 1.807) is 0 Å². The molecule has 0 spiro atoms. The van der Waals surface area contributed by atoms with Crippen LogP contribution in [0.4, 0.5) is 0 Å². The number of thiocarbonyl (C=S) groups is 1. The molecule has 1 unspecified atom stereocenters.